The van der Waals surface area contributed by atoms with E-state index in [0.717, 1.165) is 12.2 Å². The molecule has 0 aliphatic heterocycles. The van der Waals surface area contributed by atoms with E-state index in [9.17, 15) is 0 Å². The summed E-state index contributed by atoms with van der Waals surface area (Å²) in [6.45, 7) is 4.39. The van der Waals surface area contributed by atoms with Gasteiger partial charge in [-0.1, -0.05) is 13.0 Å². The molecule has 0 aliphatic carbocycles. The number of pyridine rings is 1. The van der Waals surface area contributed by atoms with Gasteiger partial charge in [-0.3, -0.25) is 9.88 Å². The van der Waals surface area contributed by atoms with Crippen LogP contribution in [0.5, 0.6) is 0 Å². The second-order valence-electron chi connectivity index (χ2n) is 4.77. The maximum absolute atomic E-state index is 6.31. The molecule has 1 aromatic heterocycles. The standard InChI is InChI=1S/C14H25N3S/c1-5-13(15)14(12-7-6-8-16-9-12)17(3)11(2)10-18-4/h6-9,11,13-14H,5,10,15H2,1-4H3. The molecule has 0 fully saturated rings. The average Bonchev–Trinajstić information content (AvgIpc) is 2.40. The number of rotatable bonds is 7. The maximum Gasteiger partial charge on any atom is 0.0514 e. The van der Waals surface area contributed by atoms with Gasteiger partial charge in [-0.25, -0.2) is 0 Å². The van der Waals surface area contributed by atoms with Gasteiger partial charge < -0.3 is 5.73 Å². The number of nitrogens with zero attached hydrogens (tertiary/aromatic N) is 2. The molecule has 1 heterocycles. The van der Waals surface area contributed by atoms with E-state index in [1.165, 1.54) is 5.56 Å². The maximum atomic E-state index is 6.31. The molecule has 0 spiro atoms. The second kappa shape index (κ2) is 7.77. The Morgan fingerprint density at radius 2 is 2.22 bits per heavy atom. The fourth-order valence-electron chi connectivity index (χ4n) is 2.19. The predicted octanol–water partition coefficient (Wildman–Crippen LogP) is 2.54. The zero-order chi connectivity index (χ0) is 13.5. The Bertz CT molecular complexity index is 331. The molecular formula is C14H25N3S. The quantitative estimate of drug-likeness (QED) is 0.824. The number of nitrogens with two attached hydrogens (primary N) is 1. The number of likely N-dealkylation sites (N-methyl/N-ethyl adjacent to an activating group) is 1. The van der Waals surface area contributed by atoms with Crippen molar-refractivity contribution in [1.29, 1.82) is 0 Å². The topological polar surface area (TPSA) is 42.1 Å². The molecule has 0 saturated carbocycles. The lowest BCUT2D eigenvalue weighted by atomic mass is 9.97. The van der Waals surface area contributed by atoms with Gasteiger partial charge in [0.1, 0.15) is 0 Å². The van der Waals surface area contributed by atoms with Crippen LogP contribution < -0.4 is 5.73 Å². The highest BCUT2D eigenvalue weighted by molar-refractivity contribution is 7.98. The second-order valence-corrected chi connectivity index (χ2v) is 5.68. The first kappa shape index (κ1) is 15.5. The zero-order valence-electron chi connectivity index (χ0n) is 11.8. The lowest BCUT2D eigenvalue weighted by Gasteiger charge is -2.36. The molecule has 0 saturated heterocycles. The zero-order valence-corrected chi connectivity index (χ0v) is 12.7. The Hall–Kier alpha value is -0.580. The average molecular weight is 267 g/mol. The number of hydrogen-bond donors (Lipinski definition) is 1. The molecule has 3 unspecified atom stereocenters. The highest BCUT2D eigenvalue weighted by Gasteiger charge is 2.26. The van der Waals surface area contributed by atoms with Crippen LogP contribution in [0.25, 0.3) is 0 Å². The van der Waals surface area contributed by atoms with Crippen molar-refractivity contribution in [2.75, 3.05) is 19.1 Å². The van der Waals surface area contributed by atoms with Crippen LogP contribution in [0.15, 0.2) is 24.5 Å². The van der Waals surface area contributed by atoms with E-state index in [1.807, 2.05) is 30.2 Å². The lowest BCUT2D eigenvalue weighted by Crippen LogP contribution is -2.43. The van der Waals surface area contributed by atoms with Gasteiger partial charge in [-0.05, 0) is 38.3 Å². The summed E-state index contributed by atoms with van der Waals surface area (Å²) in [5.74, 6) is 1.11. The summed E-state index contributed by atoms with van der Waals surface area (Å²) < 4.78 is 0. The van der Waals surface area contributed by atoms with E-state index in [0.29, 0.717) is 6.04 Å². The Labute approximate surface area is 115 Å². The van der Waals surface area contributed by atoms with Gasteiger partial charge in [0.05, 0.1) is 6.04 Å². The molecule has 3 atom stereocenters. The molecule has 1 aromatic rings. The summed E-state index contributed by atoms with van der Waals surface area (Å²) in [5.41, 5.74) is 7.52. The summed E-state index contributed by atoms with van der Waals surface area (Å²) in [4.78, 5) is 6.60. The highest BCUT2D eigenvalue weighted by atomic mass is 32.2. The molecule has 2 N–H and O–H groups in total. The Kier molecular flexibility index (Phi) is 6.68. The van der Waals surface area contributed by atoms with Crippen LogP contribution in [0, 0.1) is 0 Å². The molecule has 1 rings (SSSR count). The normalized spacial score (nSPS) is 16.6. The Morgan fingerprint density at radius 1 is 1.50 bits per heavy atom. The molecule has 4 heteroatoms. The number of aromatic nitrogens is 1. The van der Waals surface area contributed by atoms with E-state index in [4.69, 9.17) is 5.73 Å². The van der Waals surface area contributed by atoms with Gasteiger partial charge in [0.15, 0.2) is 0 Å². The van der Waals surface area contributed by atoms with Gasteiger partial charge in [-0.2, -0.15) is 11.8 Å². The largest absolute Gasteiger partial charge is 0.326 e. The first-order chi connectivity index (χ1) is 8.61. The van der Waals surface area contributed by atoms with E-state index < -0.39 is 0 Å². The summed E-state index contributed by atoms with van der Waals surface area (Å²) >= 11 is 1.87. The van der Waals surface area contributed by atoms with Crippen molar-refractivity contribution >= 4 is 11.8 Å². The highest BCUT2D eigenvalue weighted by Crippen LogP contribution is 2.25. The molecular weight excluding hydrogens is 242 g/mol. The molecule has 0 aliphatic rings. The Balaban J connectivity index is 2.92. The predicted molar refractivity (Wildman–Crippen MR) is 80.9 cm³/mol. The third kappa shape index (κ3) is 3.97. The van der Waals surface area contributed by atoms with Crippen molar-refractivity contribution in [2.45, 2.75) is 38.4 Å². The monoisotopic (exact) mass is 267 g/mol. The van der Waals surface area contributed by atoms with Crippen LogP contribution in [0.4, 0.5) is 0 Å². The first-order valence-electron chi connectivity index (χ1n) is 6.48. The van der Waals surface area contributed by atoms with Crippen LogP contribution in [-0.2, 0) is 0 Å². The van der Waals surface area contributed by atoms with Crippen LogP contribution >= 0.6 is 11.8 Å². The summed E-state index contributed by atoms with van der Waals surface area (Å²) in [7, 11) is 2.16. The number of hydrogen-bond acceptors (Lipinski definition) is 4. The summed E-state index contributed by atoms with van der Waals surface area (Å²) in [5, 5.41) is 0. The summed E-state index contributed by atoms with van der Waals surface area (Å²) in [6.07, 6.45) is 6.85. The molecule has 102 valence electrons. The minimum absolute atomic E-state index is 0.142. The van der Waals surface area contributed by atoms with Gasteiger partial charge >= 0.3 is 0 Å². The van der Waals surface area contributed by atoms with Crippen molar-refractivity contribution in [2.24, 2.45) is 5.73 Å². The fourth-order valence-corrected chi connectivity index (χ4v) is 2.91. The molecule has 0 bridgehead atoms. The van der Waals surface area contributed by atoms with Crippen LogP contribution in [-0.4, -0.2) is 41.0 Å². The van der Waals surface area contributed by atoms with Gasteiger partial charge in [0, 0.05) is 30.2 Å². The van der Waals surface area contributed by atoms with Gasteiger partial charge in [-0.15, -0.1) is 0 Å². The molecule has 0 aromatic carbocycles. The minimum atomic E-state index is 0.142. The van der Waals surface area contributed by atoms with E-state index in [2.05, 4.69) is 43.1 Å². The van der Waals surface area contributed by atoms with Crippen LogP contribution in [0.1, 0.15) is 31.9 Å². The van der Waals surface area contributed by atoms with Gasteiger partial charge in [0.25, 0.3) is 0 Å². The van der Waals surface area contributed by atoms with Crippen molar-refractivity contribution in [1.82, 2.24) is 9.88 Å². The number of thioether (sulfide) groups is 1. The van der Waals surface area contributed by atoms with Crippen molar-refractivity contribution in [3.05, 3.63) is 30.1 Å². The van der Waals surface area contributed by atoms with Crippen molar-refractivity contribution in [3.8, 4) is 0 Å². The van der Waals surface area contributed by atoms with Crippen LogP contribution in [0.3, 0.4) is 0 Å². The molecule has 18 heavy (non-hydrogen) atoms. The fraction of sp³-hybridized carbons (Fsp3) is 0.643. The minimum Gasteiger partial charge on any atom is -0.326 e. The van der Waals surface area contributed by atoms with E-state index >= 15 is 0 Å². The SMILES string of the molecule is CCC(N)C(c1cccnc1)N(C)C(C)CSC. The molecule has 0 radical (unpaired) electrons. The van der Waals surface area contributed by atoms with Crippen molar-refractivity contribution < 1.29 is 0 Å². The van der Waals surface area contributed by atoms with Gasteiger partial charge in [0.2, 0.25) is 0 Å². The summed E-state index contributed by atoms with van der Waals surface area (Å²) in [6, 6.07) is 4.99. The smallest absolute Gasteiger partial charge is 0.0514 e. The third-order valence-electron chi connectivity index (χ3n) is 3.44. The lowest BCUT2D eigenvalue weighted by molar-refractivity contribution is 0.170. The Morgan fingerprint density at radius 3 is 2.72 bits per heavy atom. The third-order valence-corrected chi connectivity index (χ3v) is 4.26. The molecule has 0 amide bonds. The van der Waals surface area contributed by atoms with Crippen molar-refractivity contribution in [3.63, 3.8) is 0 Å². The first-order valence-corrected chi connectivity index (χ1v) is 7.87. The van der Waals surface area contributed by atoms with E-state index in [-0.39, 0.29) is 12.1 Å². The van der Waals surface area contributed by atoms with Crippen LogP contribution in [0.2, 0.25) is 0 Å². The molecule has 3 nitrogen and oxygen atoms in total. The van der Waals surface area contributed by atoms with E-state index in [1.54, 1.807) is 0 Å².